The molecule has 1 fully saturated rings. The van der Waals surface area contributed by atoms with Crippen LogP contribution in [0.5, 0.6) is 0 Å². The molecule has 1 aromatic carbocycles. The third-order valence-corrected chi connectivity index (χ3v) is 5.40. The first-order valence-electron chi connectivity index (χ1n) is 6.91. The van der Waals surface area contributed by atoms with Gasteiger partial charge in [0.1, 0.15) is 5.60 Å². The van der Waals surface area contributed by atoms with Gasteiger partial charge in [-0.3, -0.25) is 0 Å². The fourth-order valence-corrected chi connectivity index (χ4v) is 4.20. The molecule has 1 aliphatic carbocycles. The van der Waals surface area contributed by atoms with E-state index in [2.05, 4.69) is 28.9 Å². The molecular formula is C16H19BrClNO. The summed E-state index contributed by atoms with van der Waals surface area (Å²) in [6.07, 6.45) is 3.52. The molecule has 108 valence electrons. The highest BCUT2D eigenvalue weighted by molar-refractivity contribution is 9.10. The van der Waals surface area contributed by atoms with Gasteiger partial charge in [0.05, 0.1) is 11.5 Å². The summed E-state index contributed by atoms with van der Waals surface area (Å²) in [6.45, 7) is 3.87. The number of rotatable bonds is 2. The Morgan fingerprint density at radius 1 is 1.55 bits per heavy atom. The molecule has 0 aliphatic heterocycles. The minimum absolute atomic E-state index is 0.448. The molecule has 0 aromatic heterocycles. The van der Waals surface area contributed by atoms with E-state index >= 15 is 0 Å². The van der Waals surface area contributed by atoms with Crippen LogP contribution in [0, 0.1) is 22.7 Å². The predicted octanol–water partition coefficient (Wildman–Crippen LogP) is 5.03. The molecule has 1 N–H and O–H groups in total. The highest BCUT2D eigenvalue weighted by Gasteiger charge is 2.51. The van der Waals surface area contributed by atoms with Crippen molar-refractivity contribution in [2.24, 2.45) is 11.3 Å². The predicted molar refractivity (Wildman–Crippen MR) is 84.4 cm³/mol. The van der Waals surface area contributed by atoms with E-state index in [9.17, 15) is 10.4 Å². The van der Waals surface area contributed by atoms with Crippen LogP contribution in [0.2, 0.25) is 5.02 Å². The number of hydrogen-bond acceptors (Lipinski definition) is 2. The number of benzene rings is 1. The standard InChI is InChI=1S/C16H19BrClNO/c1-11-4-3-7-16(9-11,10-19)15(2,20)13-6-5-12(17)8-14(13)18/h5-6,8,11,20H,3-4,7,9H2,1-2H3. The summed E-state index contributed by atoms with van der Waals surface area (Å²) in [5.74, 6) is 0.448. The van der Waals surface area contributed by atoms with Gasteiger partial charge in [-0.05, 0) is 37.8 Å². The van der Waals surface area contributed by atoms with Crippen molar-refractivity contribution >= 4 is 27.5 Å². The van der Waals surface area contributed by atoms with Crippen molar-refractivity contribution in [3.63, 3.8) is 0 Å². The molecule has 0 radical (unpaired) electrons. The number of halogens is 2. The molecule has 20 heavy (non-hydrogen) atoms. The van der Waals surface area contributed by atoms with Gasteiger partial charge < -0.3 is 5.11 Å². The Morgan fingerprint density at radius 2 is 2.25 bits per heavy atom. The normalized spacial score (nSPS) is 29.5. The molecule has 3 atom stereocenters. The van der Waals surface area contributed by atoms with E-state index in [1.165, 1.54) is 0 Å². The Bertz CT molecular complexity index is 552. The lowest BCUT2D eigenvalue weighted by atomic mass is 9.60. The van der Waals surface area contributed by atoms with E-state index in [0.29, 0.717) is 29.3 Å². The van der Waals surface area contributed by atoms with E-state index in [-0.39, 0.29) is 0 Å². The Kier molecular flexibility index (Phi) is 4.49. The summed E-state index contributed by atoms with van der Waals surface area (Å²) in [5, 5.41) is 21.4. The lowest BCUT2D eigenvalue weighted by Gasteiger charge is -2.45. The van der Waals surface area contributed by atoms with Crippen LogP contribution in [0.1, 0.15) is 45.1 Å². The van der Waals surface area contributed by atoms with Gasteiger partial charge in [-0.2, -0.15) is 5.26 Å². The van der Waals surface area contributed by atoms with Crippen LogP contribution in [-0.4, -0.2) is 5.11 Å². The highest BCUT2D eigenvalue weighted by Crippen LogP contribution is 2.52. The average Bonchev–Trinajstić information content (AvgIpc) is 2.37. The fraction of sp³-hybridized carbons (Fsp3) is 0.562. The summed E-state index contributed by atoms with van der Waals surface area (Å²) in [5.41, 5.74) is -1.37. The molecule has 0 saturated heterocycles. The quantitative estimate of drug-likeness (QED) is 0.807. The average molecular weight is 357 g/mol. The van der Waals surface area contributed by atoms with Crippen molar-refractivity contribution in [3.8, 4) is 6.07 Å². The molecule has 0 amide bonds. The highest BCUT2D eigenvalue weighted by atomic mass is 79.9. The molecule has 1 aliphatic rings. The van der Waals surface area contributed by atoms with Gasteiger partial charge in [0.25, 0.3) is 0 Å². The van der Waals surface area contributed by atoms with Crippen molar-refractivity contribution in [2.45, 2.75) is 45.1 Å². The first-order chi connectivity index (χ1) is 9.32. The smallest absolute Gasteiger partial charge is 0.107 e. The monoisotopic (exact) mass is 355 g/mol. The van der Waals surface area contributed by atoms with Gasteiger partial charge in [0, 0.05) is 15.1 Å². The summed E-state index contributed by atoms with van der Waals surface area (Å²) < 4.78 is 0.866. The van der Waals surface area contributed by atoms with Crippen LogP contribution < -0.4 is 0 Å². The minimum atomic E-state index is -1.24. The lowest BCUT2D eigenvalue weighted by molar-refractivity contribution is -0.0719. The topological polar surface area (TPSA) is 44.0 Å². The van der Waals surface area contributed by atoms with E-state index in [1.54, 1.807) is 13.0 Å². The van der Waals surface area contributed by atoms with E-state index in [1.807, 2.05) is 12.1 Å². The SMILES string of the molecule is CC1CCCC(C#N)(C(C)(O)c2ccc(Br)cc2Cl)C1. The Labute approximate surface area is 133 Å². The zero-order valence-electron chi connectivity index (χ0n) is 11.8. The summed E-state index contributed by atoms with van der Waals surface area (Å²) in [4.78, 5) is 0. The molecule has 3 unspecified atom stereocenters. The van der Waals surface area contributed by atoms with Crippen LogP contribution in [0.25, 0.3) is 0 Å². The summed E-state index contributed by atoms with van der Waals surface area (Å²) in [7, 11) is 0. The van der Waals surface area contributed by atoms with Crippen LogP contribution in [-0.2, 0) is 5.60 Å². The number of nitrogens with zero attached hydrogens (tertiary/aromatic N) is 1. The molecule has 1 aromatic rings. The van der Waals surface area contributed by atoms with E-state index < -0.39 is 11.0 Å². The van der Waals surface area contributed by atoms with Gasteiger partial charge in [0.15, 0.2) is 0 Å². The van der Waals surface area contributed by atoms with Crippen molar-refractivity contribution in [1.82, 2.24) is 0 Å². The fourth-order valence-electron chi connectivity index (χ4n) is 3.35. The van der Waals surface area contributed by atoms with Crippen LogP contribution >= 0.6 is 27.5 Å². The molecule has 2 rings (SSSR count). The molecule has 0 bridgehead atoms. The van der Waals surface area contributed by atoms with Crippen LogP contribution in [0.3, 0.4) is 0 Å². The zero-order chi connectivity index (χ0) is 15.0. The van der Waals surface area contributed by atoms with Gasteiger partial charge in [-0.15, -0.1) is 0 Å². The molecule has 2 nitrogen and oxygen atoms in total. The summed E-state index contributed by atoms with van der Waals surface area (Å²) in [6, 6.07) is 7.84. The Morgan fingerprint density at radius 3 is 2.80 bits per heavy atom. The number of nitriles is 1. The second kappa shape index (κ2) is 5.67. The molecule has 4 heteroatoms. The maximum absolute atomic E-state index is 11.1. The zero-order valence-corrected chi connectivity index (χ0v) is 14.1. The molecule has 1 saturated carbocycles. The second-order valence-corrected chi connectivity index (χ2v) is 7.41. The third kappa shape index (κ3) is 2.62. The summed E-state index contributed by atoms with van der Waals surface area (Å²) >= 11 is 9.66. The van der Waals surface area contributed by atoms with Crippen LogP contribution in [0.15, 0.2) is 22.7 Å². The van der Waals surface area contributed by atoms with Crippen LogP contribution in [0.4, 0.5) is 0 Å². The first-order valence-corrected chi connectivity index (χ1v) is 8.09. The maximum atomic E-state index is 11.1. The third-order valence-electron chi connectivity index (χ3n) is 4.60. The van der Waals surface area contributed by atoms with E-state index in [0.717, 1.165) is 17.3 Å². The Hall–Kier alpha value is -0.560. The van der Waals surface area contributed by atoms with Crippen molar-refractivity contribution in [1.29, 1.82) is 5.26 Å². The van der Waals surface area contributed by atoms with Gasteiger partial charge in [-0.1, -0.05) is 53.4 Å². The van der Waals surface area contributed by atoms with Gasteiger partial charge >= 0.3 is 0 Å². The lowest BCUT2D eigenvalue weighted by Crippen LogP contribution is -2.45. The Balaban J connectivity index is 2.49. The van der Waals surface area contributed by atoms with Gasteiger partial charge in [0.2, 0.25) is 0 Å². The molecular weight excluding hydrogens is 338 g/mol. The van der Waals surface area contributed by atoms with Crippen molar-refractivity contribution in [3.05, 3.63) is 33.3 Å². The minimum Gasteiger partial charge on any atom is -0.384 e. The van der Waals surface area contributed by atoms with Crippen molar-refractivity contribution in [2.75, 3.05) is 0 Å². The molecule has 0 spiro atoms. The molecule has 0 heterocycles. The maximum Gasteiger partial charge on any atom is 0.107 e. The second-order valence-electron chi connectivity index (χ2n) is 6.09. The first kappa shape index (κ1) is 15.8. The number of aliphatic hydroxyl groups is 1. The number of hydrogen-bond donors (Lipinski definition) is 1. The van der Waals surface area contributed by atoms with Gasteiger partial charge in [-0.25, -0.2) is 0 Å². The van der Waals surface area contributed by atoms with Crippen molar-refractivity contribution < 1.29 is 5.11 Å². The van der Waals surface area contributed by atoms with E-state index in [4.69, 9.17) is 11.6 Å². The largest absolute Gasteiger partial charge is 0.384 e.